The van der Waals surface area contributed by atoms with Crippen molar-refractivity contribution in [2.45, 2.75) is 38.7 Å². The number of rotatable bonds is 5. The number of carbonyl (C=O) groups is 2. The summed E-state index contributed by atoms with van der Waals surface area (Å²) in [5.74, 6) is 0.405. The van der Waals surface area contributed by atoms with Gasteiger partial charge in [-0.1, -0.05) is 12.1 Å². The van der Waals surface area contributed by atoms with E-state index >= 15 is 0 Å². The van der Waals surface area contributed by atoms with Crippen molar-refractivity contribution in [3.05, 3.63) is 48.5 Å². The van der Waals surface area contributed by atoms with Crippen LogP contribution in [0.5, 0.6) is 5.75 Å². The summed E-state index contributed by atoms with van der Waals surface area (Å²) in [5.41, 5.74) is 1.72. The number of ether oxygens (including phenoxy) is 1. The van der Waals surface area contributed by atoms with Gasteiger partial charge < -0.3 is 19.9 Å². The van der Waals surface area contributed by atoms with E-state index in [0.29, 0.717) is 18.0 Å². The number of nitrogens with zero attached hydrogens (tertiary/aromatic N) is 2. The van der Waals surface area contributed by atoms with Gasteiger partial charge in [0.2, 0.25) is 5.91 Å². The maximum atomic E-state index is 12.8. The van der Waals surface area contributed by atoms with E-state index in [1.165, 1.54) is 18.5 Å². The molecule has 0 aliphatic carbocycles. The minimum absolute atomic E-state index is 0.117. The summed E-state index contributed by atoms with van der Waals surface area (Å²) >= 11 is 0. The van der Waals surface area contributed by atoms with Crippen molar-refractivity contribution < 1.29 is 14.3 Å². The monoisotopic (exact) mass is 393 g/mol. The fourth-order valence-corrected chi connectivity index (χ4v) is 3.91. The molecule has 29 heavy (non-hydrogen) atoms. The van der Waals surface area contributed by atoms with Crippen LogP contribution in [0.25, 0.3) is 0 Å². The molecule has 0 saturated carbocycles. The molecule has 1 saturated heterocycles. The summed E-state index contributed by atoms with van der Waals surface area (Å²) in [6.07, 6.45) is 2.68. The quantitative estimate of drug-likeness (QED) is 0.839. The van der Waals surface area contributed by atoms with Crippen LogP contribution >= 0.6 is 0 Å². The highest BCUT2D eigenvalue weighted by molar-refractivity contribution is 6.03. The summed E-state index contributed by atoms with van der Waals surface area (Å²) < 4.78 is 5.82. The second kappa shape index (κ2) is 7.78. The van der Waals surface area contributed by atoms with Gasteiger partial charge >= 0.3 is 0 Å². The van der Waals surface area contributed by atoms with Crippen LogP contribution in [0, 0.1) is 0 Å². The Balaban J connectivity index is 1.38. The van der Waals surface area contributed by atoms with Crippen LogP contribution in [-0.2, 0) is 9.59 Å². The molecule has 0 bridgehead atoms. The molecule has 1 N–H and O–H groups in total. The summed E-state index contributed by atoms with van der Waals surface area (Å²) in [7, 11) is 0. The highest BCUT2D eigenvalue weighted by Crippen LogP contribution is 2.37. The highest BCUT2D eigenvalue weighted by Gasteiger charge is 2.40. The van der Waals surface area contributed by atoms with Gasteiger partial charge in [0.15, 0.2) is 5.60 Å². The number of fused-ring (bicyclic) bond motifs is 1. The van der Waals surface area contributed by atoms with Crippen LogP contribution in [0.2, 0.25) is 0 Å². The van der Waals surface area contributed by atoms with Crippen LogP contribution < -0.4 is 19.9 Å². The van der Waals surface area contributed by atoms with Crippen LogP contribution in [0.15, 0.2) is 48.5 Å². The van der Waals surface area contributed by atoms with Crippen molar-refractivity contribution in [3.63, 3.8) is 0 Å². The molecule has 2 aliphatic heterocycles. The summed E-state index contributed by atoms with van der Waals surface area (Å²) in [5, 5.41) is 2.93. The topological polar surface area (TPSA) is 61.9 Å². The molecule has 2 aromatic carbocycles. The largest absolute Gasteiger partial charge is 0.476 e. The predicted molar refractivity (Wildman–Crippen MR) is 115 cm³/mol. The van der Waals surface area contributed by atoms with Gasteiger partial charge in [-0.2, -0.15) is 0 Å². The van der Waals surface area contributed by atoms with E-state index in [9.17, 15) is 9.59 Å². The van der Waals surface area contributed by atoms with E-state index in [4.69, 9.17) is 4.74 Å². The van der Waals surface area contributed by atoms with Crippen molar-refractivity contribution in [2.24, 2.45) is 0 Å². The lowest BCUT2D eigenvalue weighted by atomic mass is 10.0. The Bertz CT molecular complexity index is 902. The predicted octanol–water partition coefficient (Wildman–Crippen LogP) is 3.82. The first kappa shape index (κ1) is 19.3. The van der Waals surface area contributed by atoms with Crippen molar-refractivity contribution in [1.82, 2.24) is 0 Å². The van der Waals surface area contributed by atoms with Crippen molar-refractivity contribution in [1.29, 1.82) is 0 Å². The third kappa shape index (κ3) is 4.06. The second-order valence-corrected chi connectivity index (χ2v) is 8.08. The normalized spacial score (nSPS) is 17.7. The Hall–Kier alpha value is -3.02. The number of para-hydroxylation sites is 2. The van der Waals surface area contributed by atoms with Crippen LogP contribution in [0.1, 0.15) is 33.1 Å². The Labute approximate surface area is 171 Å². The zero-order chi connectivity index (χ0) is 20.4. The van der Waals surface area contributed by atoms with E-state index in [0.717, 1.165) is 18.8 Å². The molecule has 6 nitrogen and oxygen atoms in total. The Morgan fingerprint density at radius 1 is 1.07 bits per heavy atom. The van der Waals surface area contributed by atoms with E-state index in [1.807, 2.05) is 48.5 Å². The number of carbonyl (C=O) groups excluding carboxylic acids is 2. The van der Waals surface area contributed by atoms with Gasteiger partial charge in [0.05, 0.1) is 5.69 Å². The Morgan fingerprint density at radius 2 is 1.76 bits per heavy atom. The van der Waals surface area contributed by atoms with E-state index in [-0.39, 0.29) is 18.2 Å². The minimum atomic E-state index is -0.948. The Morgan fingerprint density at radius 3 is 2.48 bits per heavy atom. The molecule has 0 aromatic heterocycles. The van der Waals surface area contributed by atoms with Gasteiger partial charge in [-0.25, -0.2) is 0 Å². The molecule has 2 heterocycles. The summed E-state index contributed by atoms with van der Waals surface area (Å²) in [6.45, 7) is 6.00. The molecule has 2 amide bonds. The third-order valence-electron chi connectivity index (χ3n) is 5.47. The molecule has 2 aromatic rings. The minimum Gasteiger partial charge on any atom is -0.476 e. The first-order valence-corrected chi connectivity index (χ1v) is 10.2. The molecular weight excluding hydrogens is 366 g/mol. The van der Waals surface area contributed by atoms with Crippen molar-refractivity contribution in [3.8, 4) is 5.75 Å². The number of hydrogen-bond acceptors (Lipinski definition) is 4. The fourth-order valence-electron chi connectivity index (χ4n) is 3.91. The molecule has 0 radical (unpaired) electrons. The van der Waals surface area contributed by atoms with E-state index < -0.39 is 5.60 Å². The van der Waals surface area contributed by atoms with Gasteiger partial charge in [-0.15, -0.1) is 0 Å². The number of anilines is 3. The average molecular weight is 393 g/mol. The molecule has 4 rings (SSSR count). The number of hydrogen-bond donors (Lipinski definition) is 1. The summed E-state index contributed by atoms with van der Waals surface area (Å²) in [4.78, 5) is 29.3. The smallest absolute Gasteiger partial charge is 0.270 e. The molecule has 0 unspecified atom stereocenters. The maximum Gasteiger partial charge on any atom is 0.270 e. The molecule has 0 spiro atoms. The highest BCUT2D eigenvalue weighted by atomic mass is 16.5. The zero-order valence-electron chi connectivity index (χ0n) is 17.0. The van der Waals surface area contributed by atoms with Gasteiger partial charge in [0.1, 0.15) is 5.75 Å². The standard InChI is InChI=1S/C23H27N3O3/c1-23(2)22(28)26(19-7-3-4-8-20(19)29-23)16-13-21(27)24-17-9-11-18(12-10-17)25-14-5-6-15-25/h3-4,7-12H,5-6,13-16H2,1-2H3,(H,24,27). The molecule has 2 aliphatic rings. The fraction of sp³-hybridized carbons (Fsp3) is 0.391. The third-order valence-corrected chi connectivity index (χ3v) is 5.47. The van der Waals surface area contributed by atoms with Crippen LogP contribution in [0.4, 0.5) is 17.1 Å². The molecular formula is C23H27N3O3. The molecule has 6 heteroatoms. The lowest BCUT2D eigenvalue weighted by Crippen LogP contribution is -2.53. The van der Waals surface area contributed by atoms with Crippen LogP contribution in [0.3, 0.4) is 0 Å². The lowest BCUT2D eigenvalue weighted by molar-refractivity contribution is -0.132. The van der Waals surface area contributed by atoms with Gasteiger partial charge in [0, 0.05) is 37.4 Å². The Kier molecular flexibility index (Phi) is 5.18. The number of nitrogens with one attached hydrogen (secondary N) is 1. The maximum absolute atomic E-state index is 12.8. The lowest BCUT2D eigenvalue weighted by Gasteiger charge is -2.38. The van der Waals surface area contributed by atoms with Crippen molar-refractivity contribution >= 4 is 28.9 Å². The average Bonchev–Trinajstić information content (AvgIpc) is 3.23. The molecule has 152 valence electrons. The SMILES string of the molecule is CC1(C)Oc2ccccc2N(CCC(=O)Nc2ccc(N3CCCC3)cc2)C1=O. The van der Waals surface area contributed by atoms with Crippen molar-refractivity contribution in [2.75, 3.05) is 34.8 Å². The first-order chi connectivity index (χ1) is 13.9. The van der Waals surface area contributed by atoms with Gasteiger partial charge in [-0.05, 0) is 63.1 Å². The first-order valence-electron chi connectivity index (χ1n) is 10.2. The summed E-state index contributed by atoms with van der Waals surface area (Å²) in [6, 6.07) is 15.4. The molecule has 1 fully saturated rings. The second-order valence-electron chi connectivity index (χ2n) is 8.08. The number of benzene rings is 2. The van der Waals surface area contributed by atoms with Gasteiger partial charge in [-0.3, -0.25) is 9.59 Å². The molecule has 0 atom stereocenters. The van der Waals surface area contributed by atoms with E-state index in [1.54, 1.807) is 18.7 Å². The zero-order valence-corrected chi connectivity index (χ0v) is 17.0. The van der Waals surface area contributed by atoms with Gasteiger partial charge in [0.25, 0.3) is 5.91 Å². The number of amides is 2. The van der Waals surface area contributed by atoms with Crippen LogP contribution in [-0.4, -0.2) is 37.0 Å². The van der Waals surface area contributed by atoms with E-state index in [2.05, 4.69) is 10.2 Å².